The molecule has 0 atom stereocenters. The molecule has 0 bridgehead atoms. The summed E-state index contributed by atoms with van der Waals surface area (Å²) in [5, 5.41) is 5.05. The van der Waals surface area contributed by atoms with E-state index >= 15 is 0 Å². The van der Waals surface area contributed by atoms with Gasteiger partial charge in [0.1, 0.15) is 11.3 Å². The third-order valence-corrected chi connectivity index (χ3v) is 2.72. The lowest BCUT2D eigenvalue weighted by Gasteiger charge is -2.01. The predicted octanol–water partition coefficient (Wildman–Crippen LogP) is 3.50. The van der Waals surface area contributed by atoms with E-state index in [4.69, 9.17) is 9.26 Å². The van der Waals surface area contributed by atoms with Gasteiger partial charge in [-0.2, -0.15) is 0 Å². The topological polar surface area (TPSA) is 35.3 Å². The highest BCUT2D eigenvalue weighted by Crippen LogP contribution is 2.30. The number of benzene rings is 2. The van der Waals surface area contributed by atoms with E-state index in [1.165, 1.54) is 0 Å². The van der Waals surface area contributed by atoms with Crippen LogP contribution in [0.15, 0.2) is 53.1 Å². The van der Waals surface area contributed by atoms with Gasteiger partial charge < -0.3 is 9.26 Å². The molecule has 0 saturated heterocycles. The van der Waals surface area contributed by atoms with Crippen molar-refractivity contribution in [1.29, 1.82) is 0 Å². The third kappa shape index (κ3) is 1.65. The Labute approximate surface area is 98.6 Å². The first-order valence-corrected chi connectivity index (χ1v) is 5.37. The number of nitrogens with zero attached hydrogens (tertiary/aromatic N) is 1. The Morgan fingerprint density at radius 3 is 2.82 bits per heavy atom. The Bertz CT molecular complexity index is 658. The molecule has 0 unspecified atom stereocenters. The fourth-order valence-corrected chi connectivity index (χ4v) is 1.86. The maximum absolute atomic E-state index is 5.40. The van der Waals surface area contributed by atoms with Crippen molar-refractivity contribution in [3.05, 3.63) is 48.5 Å². The standard InChI is InChI=1S/C14H11NO2/c1-16-11-6-4-5-10(9-11)14-12-7-2-3-8-13(12)15-17-14/h2-9H,1H3. The summed E-state index contributed by atoms with van der Waals surface area (Å²) in [5.41, 5.74) is 1.84. The molecule has 84 valence electrons. The number of rotatable bonds is 2. The van der Waals surface area contributed by atoms with Gasteiger partial charge in [0.25, 0.3) is 0 Å². The summed E-state index contributed by atoms with van der Waals surface area (Å²) in [5.74, 6) is 1.59. The number of fused-ring (bicyclic) bond motifs is 1. The molecule has 0 N–H and O–H groups in total. The van der Waals surface area contributed by atoms with Crippen molar-refractivity contribution in [3.63, 3.8) is 0 Å². The first-order chi connectivity index (χ1) is 8.38. The maximum Gasteiger partial charge on any atom is 0.174 e. The molecule has 0 saturated carbocycles. The lowest BCUT2D eigenvalue weighted by atomic mass is 10.1. The van der Waals surface area contributed by atoms with Gasteiger partial charge in [-0.15, -0.1) is 0 Å². The van der Waals surface area contributed by atoms with E-state index < -0.39 is 0 Å². The van der Waals surface area contributed by atoms with E-state index in [9.17, 15) is 0 Å². The summed E-state index contributed by atoms with van der Waals surface area (Å²) in [4.78, 5) is 0. The van der Waals surface area contributed by atoms with Crippen LogP contribution in [-0.4, -0.2) is 12.3 Å². The van der Waals surface area contributed by atoms with Crippen LogP contribution in [0.5, 0.6) is 5.75 Å². The summed E-state index contributed by atoms with van der Waals surface area (Å²) in [6.45, 7) is 0. The van der Waals surface area contributed by atoms with Crippen molar-refractivity contribution < 1.29 is 9.26 Å². The maximum atomic E-state index is 5.40. The van der Waals surface area contributed by atoms with Crippen LogP contribution < -0.4 is 4.74 Å². The molecule has 1 heterocycles. The van der Waals surface area contributed by atoms with Crippen LogP contribution >= 0.6 is 0 Å². The van der Waals surface area contributed by atoms with Gasteiger partial charge in [-0.05, 0) is 24.3 Å². The van der Waals surface area contributed by atoms with Crippen LogP contribution in [0.2, 0.25) is 0 Å². The minimum Gasteiger partial charge on any atom is -0.497 e. The lowest BCUT2D eigenvalue weighted by molar-refractivity contribution is 0.414. The molecule has 0 aliphatic heterocycles. The van der Waals surface area contributed by atoms with Gasteiger partial charge in [0.05, 0.1) is 7.11 Å². The average Bonchev–Trinajstić information content (AvgIpc) is 2.82. The fourth-order valence-electron chi connectivity index (χ4n) is 1.86. The number of methoxy groups -OCH3 is 1. The zero-order valence-corrected chi connectivity index (χ0v) is 9.38. The lowest BCUT2D eigenvalue weighted by Crippen LogP contribution is -1.82. The van der Waals surface area contributed by atoms with E-state index in [0.29, 0.717) is 0 Å². The Kier molecular flexibility index (Phi) is 2.29. The SMILES string of the molecule is COc1cccc(-c2onc3ccccc23)c1. The van der Waals surface area contributed by atoms with Gasteiger partial charge in [0.2, 0.25) is 0 Å². The molecule has 3 aromatic rings. The van der Waals surface area contributed by atoms with Gasteiger partial charge in [0, 0.05) is 10.9 Å². The third-order valence-electron chi connectivity index (χ3n) is 2.72. The molecule has 0 fully saturated rings. The highest BCUT2D eigenvalue weighted by molar-refractivity contribution is 5.91. The van der Waals surface area contributed by atoms with Crippen LogP contribution in [0.1, 0.15) is 0 Å². The van der Waals surface area contributed by atoms with Gasteiger partial charge in [-0.25, -0.2) is 0 Å². The Morgan fingerprint density at radius 2 is 1.94 bits per heavy atom. The number of ether oxygens (including phenoxy) is 1. The average molecular weight is 225 g/mol. The monoisotopic (exact) mass is 225 g/mol. The Balaban J connectivity index is 2.20. The highest BCUT2D eigenvalue weighted by atomic mass is 16.5. The second kappa shape index (κ2) is 3.94. The van der Waals surface area contributed by atoms with Gasteiger partial charge in [0.15, 0.2) is 5.76 Å². The number of aromatic nitrogens is 1. The van der Waals surface area contributed by atoms with E-state index in [0.717, 1.165) is 28.0 Å². The molecule has 0 aliphatic carbocycles. The van der Waals surface area contributed by atoms with Crippen molar-refractivity contribution in [2.75, 3.05) is 7.11 Å². The van der Waals surface area contributed by atoms with E-state index in [-0.39, 0.29) is 0 Å². The first-order valence-electron chi connectivity index (χ1n) is 5.37. The minimum absolute atomic E-state index is 0.777. The molecule has 3 rings (SSSR count). The summed E-state index contributed by atoms with van der Waals surface area (Å²) >= 11 is 0. The molecule has 0 radical (unpaired) electrons. The summed E-state index contributed by atoms with van der Waals surface area (Å²) < 4.78 is 10.6. The smallest absolute Gasteiger partial charge is 0.174 e. The zero-order valence-electron chi connectivity index (χ0n) is 9.38. The highest BCUT2D eigenvalue weighted by Gasteiger charge is 2.10. The van der Waals surface area contributed by atoms with Crippen molar-refractivity contribution in [2.45, 2.75) is 0 Å². The second-order valence-electron chi connectivity index (χ2n) is 3.76. The normalized spacial score (nSPS) is 10.6. The van der Waals surface area contributed by atoms with Crippen LogP contribution in [0.25, 0.3) is 22.2 Å². The molecule has 0 amide bonds. The molecule has 1 aromatic heterocycles. The molecular formula is C14H11NO2. The Morgan fingerprint density at radius 1 is 1.06 bits per heavy atom. The largest absolute Gasteiger partial charge is 0.497 e. The second-order valence-corrected chi connectivity index (χ2v) is 3.76. The van der Waals surface area contributed by atoms with Crippen LogP contribution in [0.3, 0.4) is 0 Å². The molecule has 0 aliphatic rings. The molecule has 0 spiro atoms. The summed E-state index contributed by atoms with van der Waals surface area (Å²) in [7, 11) is 1.65. The van der Waals surface area contributed by atoms with E-state index in [1.807, 2.05) is 48.5 Å². The molecule has 3 nitrogen and oxygen atoms in total. The van der Waals surface area contributed by atoms with Crippen molar-refractivity contribution in [1.82, 2.24) is 5.16 Å². The van der Waals surface area contributed by atoms with Gasteiger partial charge in [-0.1, -0.05) is 29.4 Å². The Hall–Kier alpha value is -2.29. The predicted molar refractivity (Wildman–Crippen MR) is 66.0 cm³/mol. The molecule has 2 aromatic carbocycles. The van der Waals surface area contributed by atoms with Crippen LogP contribution in [0, 0.1) is 0 Å². The number of hydrogen-bond acceptors (Lipinski definition) is 3. The molecule has 17 heavy (non-hydrogen) atoms. The van der Waals surface area contributed by atoms with Crippen LogP contribution in [-0.2, 0) is 0 Å². The van der Waals surface area contributed by atoms with Crippen molar-refractivity contribution >= 4 is 10.9 Å². The van der Waals surface area contributed by atoms with Crippen LogP contribution in [0.4, 0.5) is 0 Å². The van der Waals surface area contributed by atoms with Crippen molar-refractivity contribution in [2.24, 2.45) is 0 Å². The zero-order chi connectivity index (χ0) is 11.7. The van der Waals surface area contributed by atoms with E-state index in [1.54, 1.807) is 7.11 Å². The summed E-state index contributed by atoms with van der Waals surface area (Å²) in [6.07, 6.45) is 0. The van der Waals surface area contributed by atoms with Crippen molar-refractivity contribution in [3.8, 4) is 17.1 Å². The number of hydrogen-bond donors (Lipinski definition) is 0. The fraction of sp³-hybridized carbons (Fsp3) is 0.0714. The molecule has 3 heteroatoms. The van der Waals surface area contributed by atoms with Gasteiger partial charge in [-0.3, -0.25) is 0 Å². The van der Waals surface area contributed by atoms with Gasteiger partial charge >= 0.3 is 0 Å². The molecular weight excluding hydrogens is 214 g/mol. The van der Waals surface area contributed by atoms with E-state index in [2.05, 4.69) is 5.16 Å². The summed E-state index contributed by atoms with van der Waals surface area (Å²) in [6, 6.07) is 15.6. The quantitative estimate of drug-likeness (QED) is 0.669. The first kappa shape index (κ1) is 9.90. The minimum atomic E-state index is 0.777.